The molecule has 2 aliphatic heterocycles. The number of hydrogen-bond acceptors (Lipinski definition) is 6. The van der Waals surface area contributed by atoms with Gasteiger partial charge in [-0.25, -0.2) is 4.98 Å². The topological polar surface area (TPSA) is 55.8 Å². The average Bonchev–Trinajstić information content (AvgIpc) is 2.91. The van der Waals surface area contributed by atoms with Crippen LogP contribution >= 0.6 is 9.24 Å². The fourth-order valence-electron chi connectivity index (χ4n) is 6.13. The molecular weight excluding hydrogens is 515 g/mol. The number of fused-ring (bicyclic) bond motifs is 2. The van der Waals surface area contributed by atoms with Crippen LogP contribution in [0.5, 0.6) is 0 Å². The number of anilines is 2. The van der Waals surface area contributed by atoms with Gasteiger partial charge in [0.2, 0.25) is 11.9 Å². The van der Waals surface area contributed by atoms with Gasteiger partial charge in [0.15, 0.2) is 0 Å². The first-order valence-electron chi connectivity index (χ1n) is 13.9. The Labute approximate surface area is 238 Å². The Balaban J connectivity index is 1.50. The molecule has 1 amide bonds. The van der Waals surface area contributed by atoms with Crippen LogP contribution in [0.4, 0.5) is 11.8 Å². The molecule has 7 nitrogen and oxygen atoms in total. The molecule has 0 saturated carbocycles. The minimum atomic E-state index is -0.0153. The fraction of sp³-hybridized carbons (Fsp3) is 0.344. The zero-order chi connectivity index (χ0) is 28.1. The first kappa shape index (κ1) is 26.7. The van der Waals surface area contributed by atoms with Crippen molar-refractivity contribution in [3.8, 4) is 11.1 Å². The Kier molecular flexibility index (Phi) is 6.97. The van der Waals surface area contributed by atoms with Gasteiger partial charge in [-0.15, -0.1) is 9.24 Å². The molecule has 0 N–H and O–H groups in total. The molecule has 0 bridgehead atoms. The number of rotatable bonds is 5. The minimum absolute atomic E-state index is 0.0153. The second-order valence-electron chi connectivity index (χ2n) is 11.3. The normalized spacial score (nSPS) is 18.1. The van der Waals surface area contributed by atoms with E-state index >= 15 is 0 Å². The van der Waals surface area contributed by atoms with Crippen LogP contribution in [0.1, 0.15) is 12.5 Å². The summed E-state index contributed by atoms with van der Waals surface area (Å²) >= 11 is 0. The lowest BCUT2D eigenvalue weighted by Gasteiger charge is -2.44. The Morgan fingerprint density at radius 2 is 1.77 bits per heavy atom. The van der Waals surface area contributed by atoms with Gasteiger partial charge in [0.05, 0.1) is 5.52 Å². The average molecular weight is 553 g/mol. The lowest BCUT2D eigenvalue weighted by Crippen LogP contribution is -2.58. The molecule has 4 aromatic rings. The number of piperazine rings is 1. The smallest absolute Gasteiger partial charge is 0.246 e. The maximum absolute atomic E-state index is 12.4. The van der Waals surface area contributed by atoms with Gasteiger partial charge in [0.25, 0.3) is 0 Å². The third kappa shape index (κ3) is 4.51. The van der Waals surface area contributed by atoms with Gasteiger partial charge in [-0.1, -0.05) is 49.0 Å². The highest BCUT2D eigenvalue weighted by molar-refractivity contribution is 7.29. The molecule has 3 heterocycles. The predicted octanol–water partition coefficient (Wildman–Crippen LogP) is 4.23. The highest BCUT2D eigenvalue weighted by Gasteiger charge is 2.33. The molecule has 3 aromatic carbocycles. The zero-order valence-electron chi connectivity index (χ0n) is 23.8. The van der Waals surface area contributed by atoms with Gasteiger partial charge in [0.1, 0.15) is 5.82 Å². The molecule has 2 atom stereocenters. The van der Waals surface area contributed by atoms with Crippen molar-refractivity contribution < 1.29 is 4.79 Å². The van der Waals surface area contributed by atoms with Gasteiger partial charge in [-0.2, -0.15) is 4.98 Å². The molecule has 0 radical (unpaired) electrons. The number of benzene rings is 3. The van der Waals surface area contributed by atoms with Gasteiger partial charge in [-0.05, 0) is 67.5 Å². The van der Waals surface area contributed by atoms with E-state index in [1.165, 1.54) is 33.5 Å². The van der Waals surface area contributed by atoms with Gasteiger partial charge < -0.3 is 19.6 Å². The van der Waals surface area contributed by atoms with Crippen molar-refractivity contribution in [2.45, 2.75) is 25.9 Å². The lowest BCUT2D eigenvalue weighted by molar-refractivity contribution is -0.128. The summed E-state index contributed by atoms with van der Waals surface area (Å²) in [6, 6.07) is 17.9. The van der Waals surface area contributed by atoms with Gasteiger partial charge in [0, 0.05) is 55.5 Å². The summed E-state index contributed by atoms with van der Waals surface area (Å²) in [6.45, 7) is 11.8. The molecule has 0 aliphatic carbocycles. The van der Waals surface area contributed by atoms with Crippen LogP contribution in [0.3, 0.4) is 0 Å². The first-order valence-corrected chi connectivity index (χ1v) is 14.5. The standard InChI is InChI=1S/C32H37N6OP/c1-6-27(39)38-15-14-36(17-21(38)3)31-26-16-20(2)28(25-13-9-11-22-10-7-8-12-24(22)25)30(40)29(26)33-32(34-31)37-18-23(19-37)35(4)5/h6-13,16,21,23H,1,14-15,17-19,40H2,2-5H3/t21-/m1/s1. The van der Waals surface area contributed by atoms with Crippen molar-refractivity contribution in [3.05, 3.63) is 66.7 Å². The lowest BCUT2D eigenvalue weighted by atomic mass is 9.93. The van der Waals surface area contributed by atoms with E-state index in [9.17, 15) is 4.79 Å². The molecule has 0 spiro atoms. The van der Waals surface area contributed by atoms with Crippen molar-refractivity contribution in [1.82, 2.24) is 19.8 Å². The quantitative estimate of drug-likeness (QED) is 0.273. The number of carbonyl (C=O) groups is 1. The Hall–Kier alpha value is -3.54. The van der Waals surface area contributed by atoms with Crippen LogP contribution in [0.15, 0.2) is 61.2 Å². The van der Waals surface area contributed by atoms with Crippen LogP contribution in [-0.2, 0) is 4.79 Å². The summed E-state index contributed by atoms with van der Waals surface area (Å²) in [5.74, 6) is 1.70. The van der Waals surface area contributed by atoms with E-state index in [0.717, 1.165) is 41.1 Å². The highest BCUT2D eigenvalue weighted by atomic mass is 31.0. The molecule has 2 saturated heterocycles. The van der Waals surface area contributed by atoms with E-state index in [1.807, 2.05) is 4.90 Å². The molecule has 8 heteroatoms. The monoisotopic (exact) mass is 552 g/mol. The van der Waals surface area contributed by atoms with E-state index in [4.69, 9.17) is 9.97 Å². The Bertz CT molecular complexity index is 1620. The minimum Gasteiger partial charge on any atom is -0.352 e. The van der Waals surface area contributed by atoms with Crippen molar-refractivity contribution in [3.63, 3.8) is 0 Å². The molecular formula is C32H37N6OP. The molecule has 1 unspecified atom stereocenters. The predicted molar refractivity (Wildman–Crippen MR) is 170 cm³/mol. The van der Waals surface area contributed by atoms with Crippen LogP contribution < -0.4 is 15.1 Å². The SMILES string of the molecule is C=CC(=O)N1CCN(c2nc(N3CC(N(C)C)C3)nc3c(P)c(-c4cccc5ccccc45)c(C)cc23)C[C@H]1C. The van der Waals surface area contributed by atoms with Crippen LogP contribution in [-0.4, -0.2) is 84.6 Å². The summed E-state index contributed by atoms with van der Waals surface area (Å²) in [5, 5.41) is 4.60. The maximum atomic E-state index is 12.4. The van der Waals surface area contributed by atoms with Gasteiger partial charge >= 0.3 is 0 Å². The Morgan fingerprint density at radius 3 is 2.50 bits per heavy atom. The summed E-state index contributed by atoms with van der Waals surface area (Å²) in [7, 11) is 7.26. The van der Waals surface area contributed by atoms with Crippen LogP contribution in [0, 0.1) is 6.92 Å². The van der Waals surface area contributed by atoms with Gasteiger partial charge in [-0.3, -0.25) is 4.79 Å². The summed E-state index contributed by atoms with van der Waals surface area (Å²) in [5.41, 5.74) is 4.57. The highest BCUT2D eigenvalue weighted by Crippen LogP contribution is 2.37. The number of aryl methyl sites for hydroxylation is 1. The fourth-order valence-corrected chi connectivity index (χ4v) is 6.73. The maximum Gasteiger partial charge on any atom is 0.246 e. The second-order valence-corrected chi connectivity index (χ2v) is 11.9. The third-order valence-electron chi connectivity index (χ3n) is 8.51. The number of nitrogens with zero attached hydrogens (tertiary/aromatic N) is 6. The number of amides is 1. The van der Waals surface area contributed by atoms with Crippen LogP contribution in [0.25, 0.3) is 32.8 Å². The molecule has 206 valence electrons. The van der Waals surface area contributed by atoms with E-state index < -0.39 is 0 Å². The van der Waals surface area contributed by atoms with Crippen molar-refractivity contribution in [1.29, 1.82) is 0 Å². The molecule has 6 rings (SSSR count). The van der Waals surface area contributed by atoms with E-state index in [0.29, 0.717) is 25.7 Å². The van der Waals surface area contributed by atoms with E-state index in [1.54, 1.807) is 0 Å². The number of aromatic nitrogens is 2. The number of likely N-dealkylation sites (N-methyl/N-ethyl adjacent to an activating group) is 1. The van der Waals surface area contributed by atoms with Crippen molar-refractivity contribution in [2.24, 2.45) is 0 Å². The van der Waals surface area contributed by atoms with Crippen LogP contribution in [0.2, 0.25) is 0 Å². The largest absolute Gasteiger partial charge is 0.352 e. The summed E-state index contributed by atoms with van der Waals surface area (Å²) < 4.78 is 0. The summed E-state index contributed by atoms with van der Waals surface area (Å²) in [6.07, 6.45) is 1.41. The van der Waals surface area contributed by atoms with E-state index in [2.05, 4.69) is 107 Å². The van der Waals surface area contributed by atoms with Crippen molar-refractivity contribution >= 4 is 53.9 Å². The van der Waals surface area contributed by atoms with E-state index in [-0.39, 0.29) is 11.9 Å². The summed E-state index contributed by atoms with van der Waals surface area (Å²) in [4.78, 5) is 31.6. The Morgan fingerprint density at radius 1 is 1.02 bits per heavy atom. The molecule has 40 heavy (non-hydrogen) atoms. The molecule has 2 aliphatic rings. The third-order valence-corrected chi connectivity index (χ3v) is 9.07. The molecule has 1 aromatic heterocycles. The first-order chi connectivity index (χ1) is 19.3. The molecule has 2 fully saturated rings. The number of hydrogen-bond donors (Lipinski definition) is 0. The second kappa shape index (κ2) is 10.5. The zero-order valence-corrected chi connectivity index (χ0v) is 24.9. The number of carbonyl (C=O) groups excluding carboxylic acids is 1. The van der Waals surface area contributed by atoms with Crippen molar-refractivity contribution in [2.75, 3.05) is 56.6 Å².